The molecule has 0 saturated carbocycles. The summed E-state index contributed by atoms with van der Waals surface area (Å²) < 4.78 is 1.97. The number of imidazole rings is 1. The SMILES string of the molecule is CN1CCN(c2ncc(Nc3ncc(-c4cn[nH]c4)n4ccnc34)cn2)CC1. The summed E-state index contributed by atoms with van der Waals surface area (Å²) in [5.41, 5.74) is 3.35. The standard InChI is InChI=1S/C18H20N10/c1-26-4-6-27(7-5-26)18-21-10-14(11-22-18)25-16-17-19-2-3-28(17)15(12-20-16)13-8-23-24-9-13/h2-3,8-12H,4-7H2,1H3,(H,20,25)(H,23,24). The third kappa shape index (κ3) is 3.03. The highest BCUT2D eigenvalue weighted by Crippen LogP contribution is 2.24. The third-order valence-corrected chi connectivity index (χ3v) is 4.91. The van der Waals surface area contributed by atoms with Gasteiger partial charge in [0.1, 0.15) is 0 Å². The van der Waals surface area contributed by atoms with Crippen LogP contribution in [0.5, 0.6) is 0 Å². The molecule has 0 radical (unpaired) electrons. The van der Waals surface area contributed by atoms with E-state index in [0.29, 0.717) is 5.82 Å². The third-order valence-electron chi connectivity index (χ3n) is 4.91. The molecule has 0 unspecified atom stereocenters. The lowest BCUT2D eigenvalue weighted by molar-refractivity contribution is 0.311. The molecule has 28 heavy (non-hydrogen) atoms. The lowest BCUT2D eigenvalue weighted by Crippen LogP contribution is -2.45. The zero-order valence-electron chi connectivity index (χ0n) is 15.4. The van der Waals surface area contributed by atoms with Gasteiger partial charge in [0.15, 0.2) is 11.5 Å². The van der Waals surface area contributed by atoms with Crippen LogP contribution in [0.15, 0.2) is 43.4 Å². The zero-order chi connectivity index (χ0) is 18.9. The molecule has 5 rings (SSSR count). The van der Waals surface area contributed by atoms with Gasteiger partial charge in [-0.25, -0.2) is 19.9 Å². The minimum atomic E-state index is 0.646. The fraction of sp³-hybridized carbons (Fsp3) is 0.278. The van der Waals surface area contributed by atoms with Crippen LogP contribution in [0.1, 0.15) is 0 Å². The van der Waals surface area contributed by atoms with Crippen LogP contribution in [0.4, 0.5) is 17.5 Å². The Morgan fingerprint density at radius 1 is 0.964 bits per heavy atom. The number of likely N-dealkylation sites (N-methyl/N-ethyl adjacent to an activating group) is 1. The van der Waals surface area contributed by atoms with Crippen LogP contribution in [0, 0.1) is 0 Å². The van der Waals surface area contributed by atoms with Gasteiger partial charge in [0, 0.05) is 50.3 Å². The Hall–Kier alpha value is -3.53. The molecule has 5 heterocycles. The molecule has 1 saturated heterocycles. The van der Waals surface area contributed by atoms with Gasteiger partial charge in [0.05, 0.1) is 36.2 Å². The number of fused-ring (bicyclic) bond motifs is 1. The highest BCUT2D eigenvalue weighted by molar-refractivity contribution is 5.73. The van der Waals surface area contributed by atoms with Crippen molar-refractivity contribution in [2.75, 3.05) is 43.4 Å². The second kappa shape index (κ2) is 6.89. The van der Waals surface area contributed by atoms with Gasteiger partial charge in [-0.2, -0.15) is 5.10 Å². The van der Waals surface area contributed by atoms with Crippen LogP contribution in [-0.2, 0) is 0 Å². The Morgan fingerprint density at radius 3 is 2.54 bits per heavy atom. The molecule has 10 heteroatoms. The second-order valence-corrected chi connectivity index (χ2v) is 6.79. The Morgan fingerprint density at radius 2 is 1.79 bits per heavy atom. The van der Waals surface area contributed by atoms with Crippen LogP contribution in [0.25, 0.3) is 16.9 Å². The lowest BCUT2D eigenvalue weighted by Gasteiger charge is -2.32. The molecular formula is C18H20N10. The zero-order valence-corrected chi connectivity index (χ0v) is 15.4. The number of hydrogen-bond donors (Lipinski definition) is 2. The molecule has 4 aromatic rings. The molecule has 1 fully saturated rings. The molecule has 142 valence electrons. The number of H-pyrrole nitrogens is 1. The molecule has 0 spiro atoms. The first-order chi connectivity index (χ1) is 13.8. The van der Waals surface area contributed by atoms with Crippen LogP contribution < -0.4 is 10.2 Å². The summed E-state index contributed by atoms with van der Waals surface area (Å²) in [6.07, 6.45) is 12.6. The summed E-state index contributed by atoms with van der Waals surface area (Å²) in [7, 11) is 2.13. The van der Waals surface area contributed by atoms with Crippen molar-refractivity contribution in [3.8, 4) is 11.3 Å². The van der Waals surface area contributed by atoms with Crippen molar-refractivity contribution in [3.63, 3.8) is 0 Å². The van der Waals surface area contributed by atoms with Crippen molar-refractivity contribution in [2.45, 2.75) is 0 Å². The Kier molecular flexibility index (Phi) is 4.09. The maximum atomic E-state index is 4.54. The molecule has 1 aliphatic rings. The van der Waals surface area contributed by atoms with Gasteiger partial charge in [0.2, 0.25) is 5.95 Å². The van der Waals surface area contributed by atoms with E-state index in [9.17, 15) is 0 Å². The normalized spacial score (nSPS) is 15.2. The maximum Gasteiger partial charge on any atom is 0.225 e. The number of piperazine rings is 1. The van der Waals surface area contributed by atoms with Crippen LogP contribution >= 0.6 is 0 Å². The van der Waals surface area contributed by atoms with Gasteiger partial charge in [-0.3, -0.25) is 9.50 Å². The van der Waals surface area contributed by atoms with Crippen molar-refractivity contribution >= 4 is 23.1 Å². The van der Waals surface area contributed by atoms with E-state index in [1.54, 1.807) is 31.0 Å². The first-order valence-corrected chi connectivity index (χ1v) is 9.12. The van der Waals surface area contributed by atoms with E-state index < -0.39 is 0 Å². The first kappa shape index (κ1) is 16.6. The van der Waals surface area contributed by atoms with Crippen molar-refractivity contribution in [3.05, 3.63) is 43.4 Å². The average molecular weight is 376 g/mol. The minimum absolute atomic E-state index is 0.646. The van der Waals surface area contributed by atoms with Gasteiger partial charge in [-0.15, -0.1) is 0 Å². The number of anilines is 3. The Balaban J connectivity index is 1.38. The van der Waals surface area contributed by atoms with E-state index in [1.165, 1.54) is 0 Å². The summed E-state index contributed by atoms with van der Waals surface area (Å²) in [6.45, 7) is 3.92. The maximum absolute atomic E-state index is 4.54. The molecule has 0 atom stereocenters. The first-order valence-electron chi connectivity index (χ1n) is 9.12. The second-order valence-electron chi connectivity index (χ2n) is 6.79. The molecule has 0 aromatic carbocycles. The molecule has 1 aliphatic heterocycles. The fourth-order valence-corrected chi connectivity index (χ4v) is 3.30. The van der Waals surface area contributed by atoms with Crippen molar-refractivity contribution in [2.24, 2.45) is 0 Å². The number of aromatic amines is 1. The summed E-state index contributed by atoms with van der Waals surface area (Å²) >= 11 is 0. The van der Waals surface area contributed by atoms with Gasteiger partial charge in [-0.05, 0) is 7.05 Å². The predicted octanol–water partition coefficient (Wildman–Crippen LogP) is 1.40. The molecule has 4 aromatic heterocycles. The highest BCUT2D eigenvalue weighted by atomic mass is 15.3. The summed E-state index contributed by atoms with van der Waals surface area (Å²) in [5, 5.41) is 10.1. The minimum Gasteiger partial charge on any atom is -0.338 e. The molecule has 0 bridgehead atoms. The van der Waals surface area contributed by atoms with Gasteiger partial charge in [0.25, 0.3) is 0 Å². The number of rotatable bonds is 4. The molecule has 10 nitrogen and oxygen atoms in total. The molecule has 0 amide bonds. The smallest absolute Gasteiger partial charge is 0.225 e. The fourth-order valence-electron chi connectivity index (χ4n) is 3.30. The Bertz CT molecular complexity index is 1060. The predicted molar refractivity (Wildman–Crippen MR) is 106 cm³/mol. The van der Waals surface area contributed by atoms with Crippen LogP contribution in [-0.4, -0.2) is 72.7 Å². The summed E-state index contributed by atoms with van der Waals surface area (Å²) in [4.78, 5) is 22.5. The number of hydrogen-bond acceptors (Lipinski definition) is 8. The summed E-state index contributed by atoms with van der Waals surface area (Å²) in [5.74, 6) is 1.40. The van der Waals surface area contributed by atoms with Crippen LogP contribution in [0.2, 0.25) is 0 Å². The molecule has 2 N–H and O–H groups in total. The largest absolute Gasteiger partial charge is 0.338 e. The number of nitrogens with zero attached hydrogens (tertiary/aromatic N) is 8. The van der Waals surface area contributed by atoms with Gasteiger partial charge >= 0.3 is 0 Å². The topological polar surface area (TPSA) is 103 Å². The van der Waals surface area contributed by atoms with Crippen molar-refractivity contribution in [1.29, 1.82) is 0 Å². The quantitative estimate of drug-likeness (QED) is 0.551. The average Bonchev–Trinajstić information content (AvgIpc) is 3.42. The van der Waals surface area contributed by atoms with Gasteiger partial charge < -0.3 is 15.1 Å². The van der Waals surface area contributed by atoms with E-state index in [4.69, 9.17) is 0 Å². The van der Waals surface area contributed by atoms with E-state index in [-0.39, 0.29) is 0 Å². The van der Waals surface area contributed by atoms with Crippen molar-refractivity contribution < 1.29 is 0 Å². The molecular weight excluding hydrogens is 356 g/mol. The van der Waals surface area contributed by atoms with E-state index in [1.807, 2.05) is 16.8 Å². The monoisotopic (exact) mass is 376 g/mol. The number of aromatic nitrogens is 7. The van der Waals surface area contributed by atoms with Crippen molar-refractivity contribution in [1.82, 2.24) is 39.4 Å². The van der Waals surface area contributed by atoms with E-state index >= 15 is 0 Å². The number of nitrogens with one attached hydrogen (secondary N) is 2. The Labute approximate surface area is 161 Å². The summed E-state index contributed by atoms with van der Waals surface area (Å²) in [6, 6.07) is 0. The van der Waals surface area contributed by atoms with Crippen LogP contribution in [0.3, 0.4) is 0 Å². The highest BCUT2D eigenvalue weighted by Gasteiger charge is 2.16. The molecule has 0 aliphatic carbocycles. The van der Waals surface area contributed by atoms with E-state index in [2.05, 4.69) is 52.3 Å². The lowest BCUT2D eigenvalue weighted by atomic mass is 10.2. The van der Waals surface area contributed by atoms with Gasteiger partial charge in [-0.1, -0.05) is 0 Å². The van der Waals surface area contributed by atoms with E-state index in [0.717, 1.165) is 54.7 Å².